The van der Waals surface area contributed by atoms with Crippen molar-refractivity contribution in [2.24, 2.45) is 7.05 Å². The average molecular weight is 210 g/mol. The summed E-state index contributed by atoms with van der Waals surface area (Å²) in [4.78, 5) is 4.15. The summed E-state index contributed by atoms with van der Waals surface area (Å²) in [5.74, 6) is 0.964. The topological polar surface area (TPSA) is 52.0 Å². The van der Waals surface area contributed by atoms with Crippen LogP contribution in [0.2, 0.25) is 0 Å². The summed E-state index contributed by atoms with van der Waals surface area (Å²) in [5, 5.41) is 7.37. The third-order valence-corrected chi connectivity index (χ3v) is 2.73. The highest BCUT2D eigenvalue weighted by Gasteiger charge is 2.13. The van der Waals surface area contributed by atoms with Gasteiger partial charge in [-0.25, -0.2) is 4.98 Å². The van der Waals surface area contributed by atoms with Crippen molar-refractivity contribution in [3.63, 3.8) is 0 Å². The second kappa shape index (κ2) is 5.23. The monoisotopic (exact) mass is 210 g/mol. The predicted molar refractivity (Wildman–Crippen MR) is 56.3 cm³/mol. The fourth-order valence-electron chi connectivity index (χ4n) is 1.79. The van der Waals surface area contributed by atoms with Crippen LogP contribution >= 0.6 is 0 Å². The van der Waals surface area contributed by atoms with E-state index in [9.17, 15) is 0 Å². The molecule has 0 amide bonds. The van der Waals surface area contributed by atoms with Gasteiger partial charge < -0.3 is 10.1 Å². The lowest BCUT2D eigenvalue weighted by Crippen LogP contribution is -2.32. The molecule has 1 unspecified atom stereocenters. The highest BCUT2D eigenvalue weighted by atomic mass is 16.5. The van der Waals surface area contributed by atoms with Crippen molar-refractivity contribution in [2.75, 3.05) is 13.2 Å². The second-order valence-corrected chi connectivity index (χ2v) is 3.92. The molecule has 1 saturated heterocycles. The maximum absolute atomic E-state index is 5.62. The van der Waals surface area contributed by atoms with Crippen molar-refractivity contribution < 1.29 is 4.74 Å². The van der Waals surface area contributed by atoms with Crippen LogP contribution in [0.5, 0.6) is 0 Å². The Labute approximate surface area is 89.8 Å². The van der Waals surface area contributed by atoms with Gasteiger partial charge in [-0.2, -0.15) is 5.10 Å². The molecule has 1 atom stereocenters. The molecule has 15 heavy (non-hydrogen) atoms. The highest BCUT2D eigenvalue weighted by Crippen LogP contribution is 2.11. The van der Waals surface area contributed by atoms with Gasteiger partial charge in [-0.05, 0) is 19.3 Å². The summed E-state index contributed by atoms with van der Waals surface area (Å²) in [7, 11) is 1.90. The first-order valence-electron chi connectivity index (χ1n) is 5.51. The Balaban J connectivity index is 1.68. The molecule has 1 aliphatic rings. The van der Waals surface area contributed by atoms with Crippen LogP contribution in [0.4, 0.5) is 0 Å². The smallest absolute Gasteiger partial charge is 0.140 e. The molecule has 84 valence electrons. The predicted octanol–water partition coefficient (Wildman–Crippen LogP) is 0.474. The van der Waals surface area contributed by atoms with E-state index in [2.05, 4.69) is 15.4 Å². The fraction of sp³-hybridized carbons (Fsp3) is 0.800. The molecule has 0 spiro atoms. The summed E-state index contributed by atoms with van der Waals surface area (Å²) < 4.78 is 7.41. The molecule has 2 heterocycles. The van der Waals surface area contributed by atoms with Gasteiger partial charge in [-0.1, -0.05) is 0 Å². The van der Waals surface area contributed by atoms with Crippen LogP contribution in [0.25, 0.3) is 0 Å². The Bertz CT molecular complexity index is 293. The number of aromatic nitrogens is 3. The fourth-order valence-corrected chi connectivity index (χ4v) is 1.79. The van der Waals surface area contributed by atoms with Gasteiger partial charge in [0.15, 0.2) is 0 Å². The lowest BCUT2D eigenvalue weighted by molar-refractivity contribution is 0.0166. The number of ether oxygens (including phenoxy) is 1. The minimum Gasteiger partial charge on any atom is -0.377 e. The molecular formula is C10H18N4O. The van der Waals surface area contributed by atoms with Gasteiger partial charge in [0.25, 0.3) is 0 Å². The van der Waals surface area contributed by atoms with Crippen molar-refractivity contribution in [2.45, 2.75) is 31.9 Å². The zero-order valence-corrected chi connectivity index (χ0v) is 9.15. The van der Waals surface area contributed by atoms with Gasteiger partial charge in [0, 0.05) is 20.2 Å². The summed E-state index contributed by atoms with van der Waals surface area (Å²) in [6.07, 6.45) is 5.63. The summed E-state index contributed by atoms with van der Waals surface area (Å²) >= 11 is 0. The van der Waals surface area contributed by atoms with Crippen molar-refractivity contribution in [1.82, 2.24) is 20.1 Å². The lowest BCUT2D eigenvalue weighted by Gasteiger charge is -2.22. The van der Waals surface area contributed by atoms with Gasteiger partial charge >= 0.3 is 0 Å². The number of hydrogen-bond donors (Lipinski definition) is 1. The SMILES string of the molecule is Cn1ncnc1CNCC1CCCCO1. The number of aryl methyl sites for hydroxylation is 1. The molecule has 0 saturated carbocycles. The minimum atomic E-state index is 0.381. The van der Waals surface area contributed by atoms with Gasteiger partial charge in [0.1, 0.15) is 12.2 Å². The molecular weight excluding hydrogens is 192 g/mol. The van der Waals surface area contributed by atoms with Gasteiger partial charge in [0.05, 0.1) is 12.6 Å². The maximum atomic E-state index is 5.62. The van der Waals surface area contributed by atoms with Crippen LogP contribution in [-0.2, 0) is 18.3 Å². The molecule has 0 aromatic carbocycles. The van der Waals surface area contributed by atoms with Gasteiger partial charge in [-0.15, -0.1) is 0 Å². The van der Waals surface area contributed by atoms with Gasteiger partial charge in [-0.3, -0.25) is 4.68 Å². The first-order chi connectivity index (χ1) is 7.36. The minimum absolute atomic E-state index is 0.381. The van der Waals surface area contributed by atoms with Crippen LogP contribution in [0, 0.1) is 0 Å². The molecule has 0 aliphatic carbocycles. The molecule has 2 rings (SSSR count). The van der Waals surface area contributed by atoms with Crippen LogP contribution in [0.1, 0.15) is 25.1 Å². The van der Waals surface area contributed by atoms with E-state index in [1.807, 2.05) is 7.05 Å². The largest absolute Gasteiger partial charge is 0.377 e. The first kappa shape index (κ1) is 10.6. The Kier molecular flexibility index (Phi) is 3.69. The first-order valence-corrected chi connectivity index (χ1v) is 5.51. The van der Waals surface area contributed by atoms with E-state index in [0.29, 0.717) is 6.10 Å². The molecule has 5 heteroatoms. The quantitative estimate of drug-likeness (QED) is 0.785. The Morgan fingerprint density at radius 2 is 2.53 bits per heavy atom. The van der Waals surface area contributed by atoms with Crippen LogP contribution in [0.15, 0.2) is 6.33 Å². The zero-order chi connectivity index (χ0) is 10.5. The Morgan fingerprint density at radius 3 is 3.20 bits per heavy atom. The molecule has 1 aromatic rings. The van der Waals surface area contributed by atoms with Crippen molar-refractivity contribution in [1.29, 1.82) is 0 Å². The Hall–Kier alpha value is -0.940. The average Bonchev–Trinajstić information content (AvgIpc) is 2.66. The van der Waals surface area contributed by atoms with Crippen molar-refractivity contribution in [3.05, 3.63) is 12.2 Å². The summed E-state index contributed by atoms with van der Waals surface area (Å²) in [6, 6.07) is 0. The summed E-state index contributed by atoms with van der Waals surface area (Å²) in [6.45, 7) is 2.58. The number of nitrogens with one attached hydrogen (secondary N) is 1. The molecule has 1 fully saturated rings. The van der Waals surface area contributed by atoms with E-state index in [-0.39, 0.29) is 0 Å². The molecule has 1 N–H and O–H groups in total. The van der Waals surface area contributed by atoms with E-state index in [0.717, 1.165) is 25.5 Å². The third-order valence-electron chi connectivity index (χ3n) is 2.73. The number of nitrogens with zero attached hydrogens (tertiary/aromatic N) is 3. The van der Waals surface area contributed by atoms with E-state index >= 15 is 0 Å². The second-order valence-electron chi connectivity index (χ2n) is 3.92. The number of hydrogen-bond acceptors (Lipinski definition) is 4. The normalized spacial score (nSPS) is 21.8. The van der Waals surface area contributed by atoms with Crippen LogP contribution < -0.4 is 5.32 Å². The van der Waals surface area contributed by atoms with Gasteiger partial charge in [0.2, 0.25) is 0 Å². The van der Waals surface area contributed by atoms with Crippen LogP contribution in [0.3, 0.4) is 0 Å². The molecule has 1 aromatic heterocycles. The van der Waals surface area contributed by atoms with E-state index < -0.39 is 0 Å². The standard InChI is InChI=1S/C10H18N4O/c1-14-10(12-8-13-14)7-11-6-9-4-2-3-5-15-9/h8-9,11H,2-7H2,1H3. The lowest BCUT2D eigenvalue weighted by atomic mass is 10.1. The zero-order valence-electron chi connectivity index (χ0n) is 9.15. The van der Waals surface area contributed by atoms with Crippen molar-refractivity contribution in [3.8, 4) is 0 Å². The Morgan fingerprint density at radius 1 is 1.60 bits per heavy atom. The highest BCUT2D eigenvalue weighted by molar-refractivity contribution is 4.82. The van der Waals surface area contributed by atoms with Crippen molar-refractivity contribution >= 4 is 0 Å². The molecule has 1 aliphatic heterocycles. The van der Waals surface area contributed by atoms with E-state index in [1.54, 1.807) is 11.0 Å². The molecule has 5 nitrogen and oxygen atoms in total. The van der Waals surface area contributed by atoms with E-state index in [4.69, 9.17) is 4.74 Å². The maximum Gasteiger partial charge on any atom is 0.140 e. The third kappa shape index (κ3) is 3.00. The van der Waals surface area contributed by atoms with E-state index in [1.165, 1.54) is 19.3 Å². The summed E-state index contributed by atoms with van der Waals surface area (Å²) in [5.41, 5.74) is 0. The molecule has 0 bridgehead atoms. The molecule has 0 radical (unpaired) electrons. The number of rotatable bonds is 4. The van der Waals surface area contributed by atoms with Crippen LogP contribution in [-0.4, -0.2) is 34.0 Å².